The molecule has 12 nitrogen and oxygen atoms in total. The highest BCUT2D eigenvalue weighted by Gasteiger charge is 2.37. The first-order valence-corrected chi connectivity index (χ1v) is 22.9. The Labute approximate surface area is 352 Å². The molecule has 0 amide bonds. The average molecular weight is 829 g/mol. The zero-order valence-corrected chi connectivity index (χ0v) is 35.6. The van der Waals surface area contributed by atoms with Gasteiger partial charge in [-0.25, -0.2) is 9.59 Å². The van der Waals surface area contributed by atoms with Gasteiger partial charge < -0.3 is 28.4 Å². The lowest BCUT2D eigenvalue weighted by atomic mass is 9.69. The van der Waals surface area contributed by atoms with Crippen LogP contribution in [-0.2, 0) is 57.2 Å². The zero-order chi connectivity index (χ0) is 42.2. The van der Waals surface area contributed by atoms with Gasteiger partial charge in [0.15, 0.2) is 0 Å². The van der Waals surface area contributed by atoms with Crippen LogP contribution < -0.4 is 0 Å². The molecule has 0 aromatic heterocycles. The van der Waals surface area contributed by atoms with Crippen molar-refractivity contribution in [1.82, 2.24) is 0 Å². The summed E-state index contributed by atoms with van der Waals surface area (Å²) in [5.41, 5.74) is 0. The van der Waals surface area contributed by atoms with Crippen molar-refractivity contribution in [3.05, 3.63) is 25.3 Å². The fourth-order valence-electron chi connectivity index (χ4n) is 9.72. The van der Waals surface area contributed by atoms with Crippen molar-refractivity contribution in [2.45, 2.75) is 148 Å². The number of hydrogen-bond donors (Lipinski definition) is 0. The minimum Gasteiger partial charge on any atom is -0.465 e. The van der Waals surface area contributed by atoms with Gasteiger partial charge in [0.05, 0.1) is 63.3 Å². The molecule has 0 aliphatic heterocycles. The van der Waals surface area contributed by atoms with Gasteiger partial charge in [0.25, 0.3) is 0 Å². The number of esters is 6. The van der Waals surface area contributed by atoms with Crippen molar-refractivity contribution in [2.75, 3.05) is 39.6 Å². The maximum absolute atomic E-state index is 12.8. The molecular weight excluding hydrogens is 757 g/mol. The Morgan fingerprint density at radius 3 is 0.746 bits per heavy atom. The summed E-state index contributed by atoms with van der Waals surface area (Å²) in [7, 11) is 0. The van der Waals surface area contributed by atoms with Crippen molar-refractivity contribution in [3.63, 3.8) is 0 Å². The van der Waals surface area contributed by atoms with Crippen molar-refractivity contribution in [1.29, 1.82) is 0 Å². The summed E-state index contributed by atoms with van der Waals surface area (Å²) in [5, 5.41) is 0. The maximum atomic E-state index is 12.8. The van der Waals surface area contributed by atoms with Crippen LogP contribution in [-0.4, -0.2) is 75.5 Å². The van der Waals surface area contributed by atoms with E-state index in [1.54, 1.807) is 0 Å². The van der Waals surface area contributed by atoms with Crippen LogP contribution in [0, 0.1) is 47.3 Å². The number of carbonyl (C=O) groups is 6. The molecule has 0 spiro atoms. The summed E-state index contributed by atoms with van der Waals surface area (Å²) in [4.78, 5) is 72.8. The second-order valence-corrected chi connectivity index (χ2v) is 17.3. The summed E-state index contributed by atoms with van der Waals surface area (Å²) in [6, 6.07) is 0. The molecule has 12 heteroatoms. The number of hydrogen-bond acceptors (Lipinski definition) is 12. The minimum atomic E-state index is -0.439. The van der Waals surface area contributed by atoms with E-state index in [1.165, 1.54) is 0 Å². The van der Waals surface area contributed by atoms with E-state index in [0.29, 0.717) is 89.0 Å². The van der Waals surface area contributed by atoms with Gasteiger partial charge in [-0.05, 0) is 171 Å². The normalized spacial score (nSPS) is 27.0. The molecule has 0 N–H and O–H groups in total. The SMILES string of the molecule is C=CC(=O)OCCCCOC(=O)C1CCC(C2CCC(C(=O)OCCCCCOC(=O)C3CCC(C4CCC(C(=O)OCCCCOC(=O)C=C)CC4)CC3)CC2)CC1. The smallest absolute Gasteiger partial charge is 0.330 e. The van der Waals surface area contributed by atoms with Crippen molar-refractivity contribution >= 4 is 35.8 Å². The lowest BCUT2D eigenvalue weighted by Gasteiger charge is -2.36. The summed E-state index contributed by atoms with van der Waals surface area (Å²) in [5.74, 6) is 1.00. The van der Waals surface area contributed by atoms with E-state index in [4.69, 9.17) is 28.4 Å². The van der Waals surface area contributed by atoms with E-state index in [9.17, 15) is 28.8 Å². The third-order valence-electron chi connectivity index (χ3n) is 13.4. The summed E-state index contributed by atoms with van der Waals surface area (Å²) >= 11 is 0. The van der Waals surface area contributed by atoms with Crippen LogP contribution >= 0.6 is 0 Å². The molecule has 0 aromatic rings. The zero-order valence-electron chi connectivity index (χ0n) is 35.6. The Bertz CT molecular complexity index is 1230. The van der Waals surface area contributed by atoms with E-state index in [0.717, 1.165) is 134 Å². The first-order chi connectivity index (χ1) is 28.7. The van der Waals surface area contributed by atoms with Crippen LogP contribution in [0.15, 0.2) is 25.3 Å². The molecule has 0 saturated heterocycles. The van der Waals surface area contributed by atoms with Crippen LogP contribution in [0.1, 0.15) is 148 Å². The van der Waals surface area contributed by atoms with E-state index >= 15 is 0 Å². The third kappa shape index (κ3) is 17.4. The quantitative estimate of drug-likeness (QED) is 0.0396. The minimum absolute atomic E-state index is 0.0296. The highest BCUT2D eigenvalue weighted by Crippen LogP contribution is 2.43. The molecule has 4 rings (SSSR count). The van der Waals surface area contributed by atoms with Gasteiger partial charge in [0.2, 0.25) is 0 Å². The van der Waals surface area contributed by atoms with Crippen LogP contribution in [0.3, 0.4) is 0 Å². The molecule has 4 aliphatic rings. The first kappa shape index (κ1) is 48.0. The van der Waals surface area contributed by atoms with E-state index < -0.39 is 11.9 Å². The van der Waals surface area contributed by atoms with Gasteiger partial charge in [-0.2, -0.15) is 0 Å². The topological polar surface area (TPSA) is 158 Å². The van der Waals surface area contributed by atoms with Crippen LogP contribution in [0.4, 0.5) is 0 Å². The Morgan fingerprint density at radius 2 is 0.525 bits per heavy atom. The summed E-state index contributed by atoms with van der Waals surface area (Å²) < 4.78 is 32.1. The Morgan fingerprint density at radius 1 is 0.322 bits per heavy atom. The number of ether oxygens (including phenoxy) is 6. The summed E-state index contributed by atoms with van der Waals surface area (Å²) in [6.07, 6.45) is 22.4. The van der Waals surface area contributed by atoms with Gasteiger partial charge in [-0.3, -0.25) is 19.2 Å². The molecule has 0 aromatic carbocycles. The Balaban J connectivity index is 0.947. The Hall–Kier alpha value is -3.70. The van der Waals surface area contributed by atoms with Crippen LogP contribution in [0.2, 0.25) is 0 Å². The predicted molar refractivity (Wildman–Crippen MR) is 220 cm³/mol. The van der Waals surface area contributed by atoms with Crippen LogP contribution in [0.5, 0.6) is 0 Å². The van der Waals surface area contributed by atoms with Crippen molar-refractivity contribution in [3.8, 4) is 0 Å². The molecule has 0 atom stereocenters. The molecular formula is C47H72O12. The largest absolute Gasteiger partial charge is 0.465 e. The third-order valence-corrected chi connectivity index (χ3v) is 13.4. The molecule has 0 unspecified atom stereocenters. The van der Waals surface area contributed by atoms with Gasteiger partial charge >= 0.3 is 35.8 Å². The average Bonchev–Trinajstić information content (AvgIpc) is 3.28. The van der Waals surface area contributed by atoms with Crippen LogP contribution in [0.25, 0.3) is 0 Å². The summed E-state index contributed by atoms with van der Waals surface area (Å²) in [6.45, 7) is 8.83. The molecule has 0 radical (unpaired) electrons. The maximum Gasteiger partial charge on any atom is 0.330 e. The highest BCUT2D eigenvalue weighted by atomic mass is 16.6. The number of carbonyl (C=O) groups excluding carboxylic acids is 6. The van der Waals surface area contributed by atoms with Gasteiger partial charge in [-0.1, -0.05) is 13.2 Å². The molecule has 4 saturated carbocycles. The van der Waals surface area contributed by atoms with Crippen molar-refractivity contribution < 1.29 is 57.2 Å². The van der Waals surface area contributed by atoms with E-state index in [2.05, 4.69) is 13.2 Å². The van der Waals surface area contributed by atoms with Gasteiger partial charge in [0.1, 0.15) is 0 Å². The standard InChI is InChI=1S/C47H72O12/c1-3-42(48)54-28-8-10-32-58-46(52)40-24-16-36(17-25-40)34-12-20-38(21-13-34)44(50)56-30-6-5-7-31-57-45(51)39-22-14-35(15-23-39)37-18-26-41(27-19-37)47(53)59-33-11-9-29-55-43(49)4-2/h3-4,34-41H,1-2,5-33H2. The fraction of sp³-hybridized carbons (Fsp3) is 0.787. The second-order valence-electron chi connectivity index (χ2n) is 17.3. The monoisotopic (exact) mass is 829 g/mol. The van der Waals surface area contributed by atoms with Crippen molar-refractivity contribution in [2.24, 2.45) is 47.3 Å². The van der Waals surface area contributed by atoms with Gasteiger partial charge in [-0.15, -0.1) is 0 Å². The molecule has 332 valence electrons. The fourth-order valence-corrected chi connectivity index (χ4v) is 9.72. The molecule has 0 bridgehead atoms. The molecule has 59 heavy (non-hydrogen) atoms. The second kappa shape index (κ2) is 27.2. The van der Waals surface area contributed by atoms with Gasteiger partial charge in [0, 0.05) is 12.2 Å². The van der Waals surface area contributed by atoms with E-state index in [-0.39, 0.29) is 47.5 Å². The highest BCUT2D eigenvalue weighted by molar-refractivity contribution is 5.81. The Kier molecular flexibility index (Phi) is 22.1. The number of unbranched alkanes of at least 4 members (excludes halogenated alkanes) is 4. The molecule has 0 heterocycles. The lowest BCUT2D eigenvalue weighted by molar-refractivity contribution is -0.152. The molecule has 4 aliphatic carbocycles. The number of rotatable bonds is 24. The first-order valence-electron chi connectivity index (χ1n) is 22.9. The predicted octanol–water partition coefficient (Wildman–Crippen LogP) is 8.57. The lowest BCUT2D eigenvalue weighted by Crippen LogP contribution is -2.31. The molecule has 4 fully saturated rings. The van der Waals surface area contributed by atoms with E-state index in [1.807, 2.05) is 0 Å².